The third-order valence-corrected chi connectivity index (χ3v) is 3.76. The van der Waals surface area contributed by atoms with Gasteiger partial charge in [0, 0.05) is 24.5 Å². The van der Waals surface area contributed by atoms with Gasteiger partial charge in [-0.2, -0.15) is 0 Å². The summed E-state index contributed by atoms with van der Waals surface area (Å²) in [5, 5.41) is 2.70. The Balaban J connectivity index is 0.00000200. The largest absolute Gasteiger partial charge is 0.330 e. The normalized spacial score (nSPS) is 9.95. The van der Waals surface area contributed by atoms with Gasteiger partial charge in [0.25, 0.3) is 5.91 Å². The second kappa shape index (κ2) is 7.38. The van der Waals surface area contributed by atoms with E-state index in [9.17, 15) is 4.79 Å². The SMILES string of the molecule is Cc1ccc(N(C)C(=O)c2csc(CCN)n2)cc1.Cl. The summed E-state index contributed by atoms with van der Waals surface area (Å²) in [4.78, 5) is 18.2. The van der Waals surface area contributed by atoms with Crippen LogP contribution in [0.25, 0.3) is 0 Å². The molecule has 0 aliphatic heterocycles. The van der Waals surface area contributed by atoms with Crippen LogP contribution in [0.5, 0.6) is 0 Å². The molecule has 1 aromatic carbocycles. The molecular weight excluding hydrogens is 294 g/mol. The number of thiazole rings is 1. The minimum absolute atomic E-state index is 0. The summed E-state index contributed by atoms with van der Waals surface area (Å²) in [6.45, 7) is 2.57. The first-order valence-electron chi connectivity index (χ1n) is 6.11. The molecule has 2 rings (SSSR count). The average Bonchev–Trinajstić information content (AvgIpc) is 2.87. The van der Waals surface area contributed by atoms with Crippen LogP contribution in [0, 0.1) is 6.92 Å². The Labute approximate surface area is 129 Å². The third-order valence-electron chi connectivity index (χ3n) is 2.85. The van der Waals surface area contributed by atoms with E-state index in [0.717, 1.165) is 10.7 Å². The fourth-order valence-corrected chi connectivity index (χ4v) is 2.49. The molecule has 1 aromatic heterocycles. The van der Waals surface area contributed by atoms with E-state index in [-0.39, 0.29) is 18.3 Å². The molecule has 2 N–H and O–H groups in total. The molecule has 0 saturated carbocycles. The van der Waals surface area contributed by atoms with Crippen LogP contribution < -0.4 is 10.6 Å². The maximum absolute atomic E-state index is 12.3. The van der Waals surface area contributed by atoms with Gasteiger partial charge in [0.05, 0.1) is 5.01 Å². The maximum atomic E-state index is 12.3. The van der Waals surface area contributed by atoms with Gasteiger partial charge in [0.15, 0.2) is 0 Å². The van der Waals surface area contributed by atoms with Crippen molar-refractivity contribution >= 4 is 35.3 Å². The van der Waals surface area contributed by atoms with Crippen LogP contribution in [-0.2, 0) is 6.42 Å². The van der Waals surface area contributed by atoms with Gasteiger partial charge in [-0.3, -0.25) is 4.79 Å². The fourth-order valence-electron chi connectivity index (χ4n) is 1.70. The minimum Gasteiger partial charge on any atom is -0.330 e. The summed E-state index contributed by atoms with van der Waals surface area (Å²) in [7, 11) is 1.76. The molecule has 0 saturated heterocycles. The summed E-state index contributed by atoms with van der Waals surface area (Å²) in [6.07, 6.45) is 0.714. The lowest BCUT2D eigenvalue weighted by Gasteiger charge is -2.16. The molecular formula is C14H18ClN3OS. The van der Waals surface area contributed by atoms with Gasteiger partial charge in [0.1, 0.15) is 5.69 Å². The Hall–Kier alpha value is -1.43. The quantitative estimate of drug-likeness (QED) is 0.944. The van der Waals surface area contributed by atoms with Crippen molar-refractivity contribution in [1.82, 2.24) is 4.98 Å². The Bertz CT molecular complexity index is 568. The lowest BCUT2D eigenvalue weighted by molar-refractivity contribution is 0.0989. The monoisotopic (exact) mass is 311 g/mol. The Morgan fingerprint density at radius 1 is 1.35 bits per heavy atom. The molecule has 4 nitrogen and oxygen atoms in total. The number of aromatic nitrogens is 1. The number of halogens is 1. The molecule has 108 valence electrons. The van der Waals surface area contributed by atoms with E-state index in [2.05, 4.69) is 4.98 Å². The number of carbonyl (C=O) groups excluding carboxylic acids is 1. The molecule has 0 atom stereocenters. The zero-order valence-electron chi connectivity index (χ0n) is 11.5. The van der Waals surface area contributed by atoms with E-state index in [1.807, 2.05) is 31.2 Å². The van der Waals surface area contributed by atoms with Crippen LogP contribution in [0.3, 0.4) is 0 Å². The highest BCUT2D eigenvalue weighted by Crippen LogP contribution is 2.18. The Morgan fingerprint density at radius 3 is 2.60 bits per heavy atom. The van der Waals surface area contributed by atoms with Crippen molar-refractivity contribution in [2.75, 3.05) is 18.5 Å². The highest BCUT2D eigenvalue weighted by Gasteiger charge is 2.16. The standard InChI is InChI=1S/C14H17N3OS.ClH/c1-10-3-5-11(6-4-10)17(2)14(18)12-9-19-13(16-12)7-8-15;/h3-6,9H,7-8,15H2,1-2H3;1H. The van der Waals surface area contributed by atoms with Gasteiger partial charge in [-0.25, -0.2) is 4.98 Å². The van der Waals surface area contributed by atoms with E-state index in [1.54, 1.807) is 17.3 Å². The van der Waals surface area contributed by atoms with Crippen LogP contribution in [-0.4, -0.2) is 24.5 Å². The van der Waals surface area contributed by atoms with Crippen LogP contribution in [0.4, 0.5) is 5.69 Å². The van der Waals surface area contributed by atoms with Crippen molar-refractivity contribution < 1.29 is 4.79 Å². The summed E-state index contributed by atoms with van der Waals surface area (Å²) in [5.74, 6) is -0.0941. The van der Waals surface area contributed by atoms with Gasteiger partial charge < -0.3 is 10.6 Å². The summed E-state index contributed by atoms with van der Waals surface area (Å²) >= 11 is 1.48. The second-order valence-electron chi connectivity index (χ2n) is 4.36. The van der Waals surface area contributed by atoms with Crippen molar-refractivity contribution in [2.24, 2.45) is 5.73 Å². The molecule has 1 heterocycles. The van der Waals surface area contributed by atoms with E-state index < -0.39 is 0 Å². The summed E-state index contributed by atoms with van der Waals surface area (Å²) < 4.78 is 0. The third kappa shape index (κ3) is 3.79. The molecule has 0 unspecified atom stereocenters. The predicted molar refractivity (Wildman–Crippen MR) is 86.0 cm³/mol. The molecule has 0 fully saturated rings. The average molecular weight is 312 g/mol. The van der Waals surface area contributed by atoms with Crippen LogP contribution in [0.2, 0.25) is 0 Å². The molecule has 2 aromatic rings. The molecule has 0 aliphatic rings. The minimum atomic E-state index is -0.0941. The van der Waals surface area contributed by atoms with Crippen molar-refractivity contribution in [3.63, 3.8) is 0 Å². The van der Waals surface area contributed by atoms with Gasteiger partial charge in [0.2, 0.25) is 0 Å². The molecule has 0 bridgehead atoms. The lowest BCUT2D eigenvalue weighted by atomic mass is 10.2. The highest BCUT2D eigenvalue weighted by atomic mass is 35.5. The van der Waals surface area contributed by atoms with Crippen molar-refractivity contribution in [2.45, 2.75) is 13.3 Å². The van der Waals surface area contributed by atoms with Crippen LogP contribution in [0.15, 0.2) is 29.6 Å². The summed E-state index contributed by atoms with van der Waals surface area (Å²) in [5.41, 5.74) is 8.00. The maximum Gasteiger partial charge on any atom is 0.277 e. The van der Waals surface area contributed by atoms with Crippen LogP contribution in [0.1, 0.15) is 21.1 Å². The first-order chi connectivity index (χ1) is 9.11. The number of benzene rings is 1. The number of hydrogen-bond acceptors (Lipinski definition) is 4. The zero-order valence-corrected chi connectivity index (χ0v) is 13.1. The Morgan fingerprint density at radius 2 is 2.00 bits per heavy atom. The van der Waals surface area contributed by atoms with E-state index in [1.165, 1.54) is 16.9 Å². The van der Waals surface area contributed by atoms with Gasteiger partial charge in [-0.1, -0.05) is 17.7 Å². The molecule has 0 aliphatic carbocycles. The number of carbonyl (C=O) groups is 1. The predicted octanol–water partition coefficient (Wildman–Crippen LogP) is 2.65. The van der Waals surface area contributed by atoms with Gasteiger partial charge in [-0.05, 0) is 25.6 Å². The molecule has 6 heteroatoms. The first-order valence-corrected chi connectivity index (χ1v) is 6.99. The smallest absolute Gasteiger partial charge is 0.277 e. The molecule has 1 amide bonds. The second-order valence-corrected chi connectivity index (χ2v) is 5.31. The van der Waals surface area contributed by atoms with Crippen molar-refractivity contribution in [3.8, 4) is 0 Å². The Kier molecular flexibility index (Phi) is 6.13. The zero-order chi connectivity index (χ0) is 13.8. The number of rotatable bonds is 4. The number of hydrogen-bond donors (Lipinski definition) is 1. The highest BCUT2D eigenvalue weighted by molar-refractivity contribution is 7.09. The summed E-state index contributed by atoms with van der Waals surface area (Å²) in [6, 6.07) is 7.83. The molecule has 0 radical (unpaired) electrons. The fraction of sp³-hybridized carbons (Fsp3) is 0.286. The number of nitrogens with zero attached hydrogens (tertiary/aromatic N) is 2. The van der Waals surface area contributed by atoms with E-state index in [4.69, 9.17) is 5.73 Å². The number of aryl methyl sites for hydroxylation is 1. The van der Waals surface area contributed by atoms with Crippen molar-refractivity contribution in [1.29, 1.82) is 0 Å². The molecule has 20 heavy (non-hydrogen) atoms. The number of nitrogens with two attached hydrogens (primary N) is 1. The van der Waals surface area contributed by atoms with Crippen molar-refractivity contribution in [3.05, 3.63) is 45.9 Å². The van der Waals surface area contributed by atoms with E-state index >= 15 is 0 Å². The van der Waals surface area contributed by atoms with Gasteiger partial charge in [-0.15, -0.1) is 23.7 Å². The number of amides is 1. The van der Waals surface area contributed by atoms with Crippen LogP contribution >= 0.6 is 23.7 Å². The topological polar surface area (TPSA) is 59.2 Å². The number of anilines is 1. The van der Waals surface area contributed by atoms with E-state index in [0.29, 0.717) is 18.7 Å². The van der Waals surface area contributed by atoms with Gasteiger partial charge >= 0.3 is 0 Å². The molecule has 0 spiro atoms. The first kappa shape index (κ1) is 16.6. The lowest BCUT2D eigenvalue weighted by Crippen LogP contribution is -2.26.